The van der Waals surface area contributed by atoms with Crippen LogP contribution in [0.4, 0.5) is 0 Å². The fourth-order valence-corrected chi connectivity index (χ4v) is 0.326. The van der Waals surface area contributed by atoms with Gasteiger partial charge in [0.25, 0.3) is 0 Å². The minimum absolute atomic E-state index is 0.238. The second kappa shape index (κ2) is 2.71. The third-order valence-corrected chi connectivity index (χ3v) is 1.46. The van der Waals surface area contributed by atoms with E-state index in [0.29, 0.717) is 6.54 Å². The Morgan fingerprint density at radius 3 is 2.12 bits per heavy atom. The van der Waals surface area contributed by atoms with E-state index in [1.807, 2.05) is 0 Å². The maximum Gasteiger partial charge on any atom is 0.219 e. The van der Waals surface area contributed by atoms with Gasteiger partial charge in [-0.2, -0.15) is 0 Å². The number of nitrogens with zero attached hydrogens (tertiary/aromatic N) is 1. The standard InChI is InChI=1S/C7H13N/c1-5-7(2,3)6-8-4/h5-6H2,1-3H3. The summed E-state index contributed by atoms with van der Waals surface area (Å²) in [5, 5.41) is 0. The average Bonchev–Trinajstić information content (AvgIpc) is 1.67. The number of hydrogen-bond donors (Lipinski definition) is 0. The van der Waals surface area contributed by atoms with E-state index in [1.54, 1.807) is 0 Å². The molecule has 8 heavy (non-hydrogen) atoms. The Kier molecular flexibility index (Phi) is 2.54. The van der Waals surface area contributed by atoms with E-state index in [-0.39, 0.29) is 5.41 Å². The third kappa shape index (κ3) is 2.63. The molecule has 1 heteroatoms. The lowest BCUT2D eigenvalue weighted by atomic mass is 9.91. The summed E-state index contributed by atoms with van der Waals surface area (Å²) in [6.07, 6.45) is 1.09. The Balaban J connectivity index is 3.58. The van der Waals surface area contributed by atoms with Crippen molar-refractivity contribution in [1.82, 2.24) is 0 Å². The molecular weight excluding hydrogens is 98.1 g/mol. The lowest BCUT2D eigenvalue weighted by Gasteiger charge is -2.13. The van der Waals surface area contributed by atoms with Crippen molar-refractivity contribution < 1.29 is 0 Å². The summed E-state index contributed by atoms with van der Waals surface area (Å²) in [5.41, 5.74) is 0.238. The first-order chi connectivity index (χ1) is 3.62. The van der Waals surface area contributed by atoms with Crippen LogP contribution in [0.2, 0.25) is 0 Å². The van der Waals surface area contributed by atoms with Crippen LogP contribution in [-0.4, -0.2) is 6.54 Å². The lowest BCUT2D eigenvalue weighted by molar-refractivity contribution is 0.387. The maximum absolute atomic E-state index is 6.59. The Morgan fingerprint density at radius 1 is 1.50 bits per heavy atom. The van der Waals surface area contributed by atoms with Gasteiger partial charge in [-0.15, -0.1) is 0 Å². The molecule has 0 aliphatic heterocycles. The summed E-state index contributed by atoms with van der Waals surface area (Å²) >= 11 is 0. The smallest absolute Gasteiger partial charge is 0.219 e. The van der Waals surface area contributed by atoms with Gasteiger partial charge in [0.2, 0.25) is 6.54 Å². The van der Waals surface area contributed by atoms with Crippen molar-refractivity contribution in [3.63, 3.8) is 0 Å². The van der Waals surface area contributed by atoms with Gasteiger partial charge in [-0.1, -0.05) is 20.8 Å². The first-order valence-corrected chi connectivity index (χ1v) is 2.95. The molecule has 0 rings (SSSR count). The molecule has 0 atom stereocenters. The van der Waals surface area contributed by atoms with E-state index < -0.39 is 0 Å². The van der Waals surface area contributed by atoms with Crippen LogP contribution in [0.5, 0.6) is 0 Å². The summed E-state index contributed by atoms with van der Waals surface area (Å²) in [6, 6.07) is 0. The number of hydrogen-bond acceptors (Lipinski definition) is 0. The molecule has 0 unspecified atom stereocenters. The summed E-state index contributed by atoms with van der Waals surface area (Å²) in [4.78, 5) is 3.33. The van der Waals surface area contributed by atoms with E-state index in [4.69, 9.17) is 6.57 Å². The molecule has 1 nitrogen and oxygen atoms in total. The van der Waals surface area contributed by atoms with Gasteiger partial charge >= 0.3 is 0 Å². The van der Waals surface area contributed by atoms with Crippen LogP contribution in [0.3, 0.4) is 0 Å². The second-order valence-corrected chi connectivity index (χ2v) is 2.83. The third-order valence-electron chi connectivity index (χ3n) is 1.46. The van der Waals surface area contributed by atoms with Crippen molar-refractivity contribution in [3.05, 3.63) is 11.4 Å². The molecule has 0 saturated heterocycles. The fourth-order valence-electron chi connectivity index (χ4n) is 0.326. The molecule has 0 aliphatic carbocycles. The van der Waals surface area contributed by atoms with Crippen LogP contribution in [0.25, 0.3) is 4.85 Å². The summed E-state index contributed by atoms with van der Waals surface area (Å²) < 4.78 is 0. The largest absolute Gasteiger partial charge is 0.316 e. The van der Waals surface area contributed by atoms with E-state index >= 15 is 0 Å². The van der Waals surface area contributed by atoms with Crippen LogP contribution in [0.15, 0.2) is 0 Å². The number of rotatable bonds is 2. The van der Waals surface area contributed by atoms with Gasteiger partial charge in [-0.05, 0) is 6.42 Å². The van der Waals surface area contributed by atoms with E-state index in [0.717, 1.165) is 6.42 Å². The van der Waals surface area contributed by atoms with Crippen molar-refractivity contribution >= 4 is 0 Å². The molecule has 0 spiro atoms. The molecule has 0 fully saturated rings. The normalized spacial score (nSPS) is 10.8. The second-order valence-electron chi connectivity index (χ2n) is 2.83. The van der Waals surface area contributed by atoms with Crippen LogP contribution >= 0.6 is 0 Å². The van der Waals surface area contributed by atoms with Crippen molar-refractivity contribution in [2.45, 2.75) is 27.2 Å². The average molecular weight is 111 g/mol. The summed E-state index contributed by atoms with van der Waals surface area (Å²) in [7, 11) is 0. The van der Waals surface area contributed by atoms with Gasteiger partial charge in [-0.3, -0.25) is 0 Å². The molecule has 0 heterocycles. The zero-order valence-electron chi connectivity index (χ0n) is 5.86. The Bertz CT molecular complexity index is 97.4. The van der Waals surface area contributed by atoms with Crippen LogP contribution in [-0.2, 0) is 0 Å². The quantitative estimate of drug-likeness (QED) is 0.482. The lowest BCUT2D eigenvalue weighted by Crippen LogP contribution is -2.11. The summed E-state index contributed by atoms with van der Waals surface area (Å²) in [5.74, 6) is 0. The van der Waals surface area contributed by atoms with Gasteiger partial charge in [0, 0.05) is 5.41 Å². The Labute approximate surface area is 51.5 Å². The highest BCUT2D eigenvalue weighted by Gasteiger charge is 2.17. The molecule has 0 aromatic carbocycles. The van der Waals surface area contributed by atoms with Crippen molar-refractivity contribution in [1.29, 1.82) is 0 Å². The van der Waals surface area contributed by atoms with Gasteiger partial charge in [0.05, 0.1) is 0 Å². The van der Waals surface area contributed by atoms with Crippen LogP contribution in [0.1, 0.15) is 27.2 Å². The van der Waals surface area contributed by atoms with Gasteiger partial charge < -0.3 is 4.85 Å². The molecule has 0 amide bonds. The summed E-state index contributed by atoms with van der Waals surface area (Å²) in [6.45, 7) is 13.6. The minimum Gasteiger partial charge on any atom is -0.316 e. The SMILES string of the molecule is [C-]#[N+]CC(C)(C)CC. The molecule has 0 aromatic rings. The highest BCUT2D eigenvalue weighted by atomic mass is 14.7. The molecule has 0 aromatic heterocycles. The van der Waals surface area contributed by atoms with Crippen LogP contribution < -0.4 is 0 Å². The Morgan fingerprint density at radius 2 is 2.00 bits per heavy atom. The highest BCUT2D eigenvalue weighted by molar-refractivity contribution is 4.75. The Hall–Kier alpha value is -0.510. The van der Waals surface area contributed by atoms with Crippen molar-refractivity contribution in [2.75, 3.05) is 6.54 Å². The molecule has 0 aliphatic rings. The molecule has 46 valence electrons. The maximum atomic E-state index is 6.59. The fraction of sp³-hybridized carbons (Fsp3) is 0.857. The van der Waals surface area contributed by atoms with E-state index in [9.17, 15) is 0 Å². The first kappa shape index (κ1) is 7.49. The van der Waals surface area contributed by atoms with Gasteiger partial charge in [0.15, 0.2) is 0 Å². The monoisotopic (exact) mass is 111 g/mol. The van der Waals surface area contributed by atoms with Crippen LogP contribution in [0, 0.1) is 12.0 Å². The minimum atomic E-state index is 0.238. The zero-order chi connectivity index (χ0) is 6.62. The van der Waals surface area contributed by atoms with Crippen molar-refractivity contribution in [3.8, 4) is 0 Å². The van der Waals surface area contributed by atoms with Gasteiger partial charge in [0.1, 0.15) is 0 Å². The first-order valence-electron chi connectivity index (χ1n) is 2.95. The predicted octanol–water partition coefficient (Wildman–Crippen LogP) is 2.34. The van der Waals surface area contributed by atoms with E-state index in [1.165, 1.54) is 0 Å². The highest BCUT2D eigenvalue weighted by Crippen LogP contribution is 2.18. The zero-order valence-corrected chi connectivity index (χ0v) is 5.86. The molecule has 0 N–H and O–H groups in total. The van der Waals surface area contributed by atoms with E-state index in [2.05, 4.69) is 25.6 Å². The van der Waals surface area contributed by atoms with Crippen molar-refractivity contribution in [2.24, 2.45) is 5.41 Å². The topological polar surface area (TPSA) is 4.36 Å². The predicted molar refractivity (Wildman–Crippen MR) is 35.5 cm³/mol. The van der Waals surface area contributed by atoms with Gasteiger partial charge in [-0.25, -0.2) is 6.57 Å². The molecular formula is C7H13N. The molecule has 0 bridgehead atoms. The molecule has 0 saturated carbocycles. The molecule has 0 radical (unpaired) electrons.